The van der Waals surface area contributed by atoms with E-state index >= 15 is 0 Å². The molecule has 0 aliphatic carbocycles. The van der Waals surface area contributed by atoms with Gasteiger partial charge < -0.3 is 27.4 Å². The van der Waals surface area contributed by atoms with Crippen LogP contribution in [-0.4, -0.2) is 34.0 Å². The number of carboxylic acids is 2. The SMILES string of the molecule is Nc1ccccc1C(=O)CC(N)C(=O)O.Nc1ccccc1C(=O)O. The lowest BCUT2D eigenvalue weighted by atomic mass is 10.0. The monoisotopic (exact) mass is 345 g/mol. The average molecular weight is 345 g/mol. The molecule has 2 aromatic rings. The first-order valence-corrected chi connectivity index (χ1v) is 7.18. The molecule has 0 fully saturated rings. The molecule has 0 saturated heterocycles. The van der Waals surface area contributed by atoms with E-state index in [9.17, 15) is 14.4 Å². The number of aliphatic carboxylic acids is 1. The van der Waals surface area contributed by atoms with Gasteiger partial charge in [0.05, 0.1) is 5.56 Å². The Bertz CT molecular complexity index is 776. The zero-order chi connectivity index (χ0) is 19.0. The number of hydrogen-bond acceptors (Lipinski definition) is 6. The highest BCUT2D eigenvalue weighted by Gasteiger charge is 2.18. The minimum atomic E-state index is -1.20. The molecule has 132 valence electrons. The zero-order valence-electron chi connectivity index (χ0n) is 13.3. The summed E-state index contributed by atoms with van der Waals surface area (Å²) in [6.45, 7) is 0. The summed E-state index contributed by atoms with van der Waals surface area (Å²) in [5.74, 6) is -2.54. The molecular formula is C17H19N3O5. The summed E-state index contributed by atoms with van der Waals surface area (Å²) in [5, 5.41) is 17.0. The third-order valence-electron chi connectivity index (χ3n) is 3.17. The second kappa shape index (κ2) is 9.04. The Balaban J connectivity index is 0.000000271. The molecule has 0 amide bonds. The zero-order valence-corrected chi connectivity index (χ0v) is 13.3. The lowest BCUT2D eigenvalue weighted by Crippen LogP contribution is -2.32. The fraction of sp³-hybridized carbons (Fsp3) is 0.118. The predicted octanol–water partition coefficient (Wildman–Crippen LogP) is 1.22. The maximum atomic E-state index is 11.6. The summed E-state index contributed by atoms with van der Waals surface area (Å²) >= 11 is 0. The van der Waals surface area contributed by atoms with E-state index in [1.807, 2.05) is 0 Å². The second-order valence-electron chi connectivity index (χ2n) is 5.05. The van der Waals surface area contributed by atoms with Gasteiger partial charge in [-0.05, 0) is 24.3 Å². The first-order chi connectivity index (χ1) is 11.7. The quantitative estimate of drug-likeness (QED) is 0.398. The van der Waals surface area contributed by atoms with Crippen LogP contribution in [0.3, 0.4) is 0 Å². The van der Waals surface area contributed by atoms with Crippen molar-refractivity contribution in [1.29, 1.82) is 0 Å². The lowest BCUT2D eigenvalue weighted by Gasteiger charge is -2.07. The van der Waals surface area contributed by atoms with Gasteiger partial charge in [0.25, 0.3) is 0 Å². The van der Waals surface area contributed by atoms with Crippen LogP contribution in [0, 0.1) is 0 Å². The Morgan fingerprint density at radius 2 is 1.28 bits per heavy atom. The van der Waals surface area contributed by atoms with Crippen LogP contribution in [0.2, 0.25) is 0 Å². The Hall–Kier alpha value is -3.39. The number of nitrogen functional groups attached to an aromatic ring is 2. The summed E-state index contributed by atoms with van der Waals surface area (Å²) < 4.78 is 0. The summed E-state index contributed by atoms with van der Waals surface area (Å²) in [4.78, 5) is 32.3. The Morgan fingerprint density at radius 1 is 0.840 bits per heavy atom. The van der Waals surface area contributed by atoms with Crippen molar-refractivity contribution in [1.82, 2.24) is 0 Å². The smallest absolute Gasteiger partial charge is 0.337 e. The number of anilines is 2. The number of aromatic carboxylic acids is 1. The molecule has 0 aliphatic heterocycles. The van der Waals surface area contributed by atoms with Crippen LogP contribution in [-0.2, 0) is 4.79 Å². The fourth-order valence-corrected chi connectivity index (χ4v) is 1.84. The van der Waals surface area contributed by atoms with E-state index in [0.29, 0.717) is 16.9 Å². The highest BCUT2D eigenvalue weighted by molar-refractivity contribution is 6.02. The predicted molar refractivity (Wildman–Crippen MR) is 93.2 cm³/mol. The maximum Gasteiger partial charge on any atom is 0.337 e. The third kappa shape index (κ3) is 5.96. The molecule has 8 nitrogen and oxygen atoms in total. The number of hydrogen-bond donors (Lipinski definition) is 5. The van der Waals surface area contributed by atoms with Crippen LogP contribution < -0.4 is 17.2 Å². The average Bonchev–Trinajstić information content (AvgIpc) is 2.55. The van der Waals surface area contributed by atoms with Gasteiger partial charge in [-0.25, -0.2) is 4.79 Å². The van der Waals surface area contributed by atoms with Crippen LogP contribution in [0.4, 0.5) is 11.4 Å². The lowest BCUT2D eigenvalue weighted by molar-refractivity contribution is -0.138. The number of carbonyl (C=O) groups excluding carboxylic acids is 1. The second-order valence-corrected chi connectivity index (χ2v) is 5.05. The van der Waals surface area contributed by atoms with E-state index < -0.39 is 18.0 Å². The van der Waals surface area contributed by atoms with Crippen LogP contribution in [0.5, 0.6) is 0 Å². The molecular weight excluding hydrogens is 326 g/mol. The summed E-state index contributed by atoms with van der Waals surface area (Å²) in [6.07, 6.45) is -0.246. The number of carbonyl (C=O) groups is 3. The molecule has 1 unspecified atom stereocenters. The highest BCUT2D eigenvalue weighted by Crippen LogP contribution is 2.13. The molecule has 0 spiro atoms. The Morgan fingerprint density at radius 3 is 1.64 bits per heavy atom. The molecule has 0 saturated carbocycles. The number of ketones is 1. The van der Waals surface area contributed by atoms with Gasteiger partial charge in [-0.2, -0.15) is 0 Å². The first kappa shape index (κ1) is 19.7. The Labute approximate surface area is 143 Å². The molecule has 0 radical (unpaired) electrons. The van der Waals surface area contributed by atoms with Crippen molar-refractivity contribution >= 4 is 29.1 Å². The van der Waals surface area contributed by atoms with Gasteiger partial charge in [-0.1, -0.05) is 24.3 Å². The van der Waals surface area contributed by atoms with Crippen molar-refractivity contribution < 1.29 is 24.6 Å². The van der Waals surface area contributed by atoms with Gasteiger partial charge in [0.2, 0.25) is 0 Å². The van der Waals surface area contributed by atoms with E-state index in [2.05, 4.69) is 0 Å². The van der Waals surface area contributed by atoms with Gasteiger partial charge in [-0.15, -0.1) is 0 Å². The third-order valence-corrected chi connectivity index (χ3v) is 3.17. The molecule has 0 bridgehead atoms. The van der Waals surface area contributed by atoms with Crippen LogP contribution in [0.25, 0.3) is 0 Å². The van der Waals surface area contributed by atoms with E-state index in [1.165, 1.54) is 6.07 Å². The molecule has 8 heteroatoms. The van der Waals surface area contributed by atoms with Crippen LogP contribution in [0.15, 0.2) is 48.5 Å². The van der Waals surface area contributed by atoms with Gasteiger partial charge in [0, 0.05) is 23.4 Å². The molecule has 0 aromatic heterocycles. The largest absolute Gasteiger partial charge is 0.480 e. The summed E-state index contributed by atoms with van der Waals surface area (Å²) in [5.41, 5.74) is 17.3. The van der Waals surface area contributed by atoms with Gasteiger partial charge >= 0.3 is 11.9 Å². The molecule has 8 N–H and O–H groups in total. The van der Waals surface area contributed by atoms with Crippen molar-refractivity contribution in [3.05, 3.63) is 59.7 Å². The molecule has 0 aliphatic rings. The van der Waals surface area contributed by atoms with E-state index in [4.69, 9.17) is 27.4 Å². The standard InChI is InChI=1S/C10H12N2O3.C7H7NO2/c11-7-4-2-1-3-6(7)9(13)5-8(12)10(14)15;8-6-4-2-1-3-5(6)7(9)10/h1-4,8H,5,11-12H2,(H,14,15);1-4H,8H2,(H,9,10). The summed E-state index contributed by atoms with van der Waals surface area (Å²) in [7, 11) is 0. The number of Topliss-reactive ketones (excluding diaryl/α,β-unsaturated/α-hetero) is 1. The van der Waals surface area contributed by atoms with Crippen molar-refractivity contribution in [3.63, 3.8) is 0 Å². The molecule has 2 rings (SSSR count). The van der Waals surface area contributed by atoms with E-state index in [1.54, 1.807) is 42.5 Å². The van der Waals surface area contributed by atoms with Gasteiger partial charge in [0.1, 0.15) is 6.04 Å². The number of benzene rings is 2. The number of nitrogens with two attached hydrogens (primary N) is 3. The van der Waals surface area contributed by atoms with E-state index in [0.717, 1.165) is 0 Å². The van der Waals surface area contributed by atoms with Crippen molar-refractivity contribution in [3.8, 4) is 0 Å². The molecule has 2 aromatic carbocycles. The molecule has 25 heavy (non-hydrogen) atoms. The van der Waals surface area contributed by atoms with Crippen molar-refractivity contribution in [2.75, 3.05) is 11.5 Å². The van der Waals surface area contributed by atoms with Gasteiger partial charge in [0.15, 0.2) is 5.78 Å². The highest BCUT2D eigenvalue weighted by atomic mass is 16.4. The van der Waals surface area contributed by atoms with Crippen molar-refractivity contribution in [2.45, 2.75) is 12.5 Å². The van der Waals surface area contributed by atoms with Crippen LogP contribution >= 0.6 is 0 Å². The Kier molecular flexibility index (Phi) is 7.11. The minimum Gasteiger partial charge on any atom is -0.480 e. The molecule has 1 atom stereocenters. The van der Waals surface area contributed by atoms with E-state index in [-0.39, 0.29) is 17.8 Å². The molecule has 0 heterocycles. The topological polar surface area (TPSA) is 170 Å². The number of para-hydroxylation sites is 2. The van der Waals surface area contributed by atoms with Gasteiger partial charge in [-0.3, -0.25) is 9.59 Å². The summed E-state index contributed by atoms with van der Waals surface area (Å²) in [6, 6.07) is 11.7. The fourth-order valence-electron chi connectivity index (χ4n) is 1.84. The first-order valence-electron chi connectivity index (χ1n) is 7.18. The number of carboxylic acid groups (broad SMARTS) is 2. The van der Waals surface area contributed by atoms with Crippen LogP contribution in [0.1, 0.15) is 27.1 Å². The minimum absolute atomic E-state index is 0.155. The number of rotatable bonds is 5. The maximum absolute atomic E-state index is 11.6. The normalized spacial score (nSPS) is 10.9. The van der Waals surface area contributed by atoms with Crippen molar-refractivity contribution in [2.24, 2.45) is 5.73 Å².